The van der Waals surface area contributed by atoms with E-state index in [0.29, 0.717) is 11.3 Å². The van der Waals surface area contributed by atoms with Crippen LogP contribution in [0.4, 0.5) is 8.78 Å². The lowest BCUT2D eigenvalue weighted by molar-refractivity contribution is 0.0820. The molecule has 0 N–H and O–H groups in total. The van der Waals surface area contributed by atoms with Crippen LogP contribution < -0.4 is 0 Å². The van der Waals surface area contributed by atoms with Gasteiger partial charge in [-0.15, -0.1) is 0 Å². The molecule has 1 saturated carbocycles. The zero-order valence-electron chi connectivity index (χ0n) is 8.17. The summed E-state index contributed by atoms with van der Waals surface area (Å²) in [5.41, 5.74) is 0. The Labute approximate surface area is 82.9 Å². The van der Waals surface area contributed by atoms with Crippen LogP contribution in [-0.2, 0) is 0 Å². The summed E-state index contributed by atoms with van der Waals surface area (Å²) in [4.78, 5) is 1.81. The van der Waals surface area contributed by atoms with Crippen molar-refractivity contribution < 1.29 is 8.78 Å². The zero-order chi connectivity index (χ0) is 9.84. The molecule has 78 valence electrons. The van der Waals surface area contributed by atoms with E-state index in [1.165, 1.54) is 6.42 Å². The van der Waals surface area contributed by atoms with E-state index < -0.39 is 6.43 Å². The third-order valence-electron chi connectivity index (χ3n) is 2.74. The number of rotatable bonds is 4. The highest BCUT2D eigenvalue weighted by molar-refractivity contribution is 7.99. The number of halogens is 2. The second kappa shape index (κ2) is 5.15. The second-order valence-corrected chi connectivity index (χ2v) is 4.79. The van der Waals surface area contributed by atoms with Crippen molar-refractivity contribution in [1.82, 2.24) is 4.90 Å². The van der Waals surface area contributed by atoms with Gasteiger partial charge in [0.1, 0.15) is 0 Å². The summed E-state index contributed by atoms with van der Waals surface area (Å²) in [5.74, 6) is 0. The van der Waals surface area contributed by atoms with Crippen LogP contribution in [0.2, 0.25) is 0 Å². The van der Waals surface area contributed by atoms with Gasteiger partial charge in [0, 0.05) is 11.3 Å². The fourth-order valence-electron chi connectivity index (χ4n) is 1.90. The number of alkyl halides is 2. The van der Waals surface area contributed by atoms with Crippen LogP contribution in [0.3, 0.4) is 0 Å². The molecule has 2 atom stereocenters. The average Bonchev–Trinajstić information content (AvgIpc) is 2.50. The predicted octanol–water partition coefficient (Wildman–Crippen LogP) is 2.47. The third kappa shape index (κ3) is 3.43. The van der Waals surface area contributed by atoms with Crippen molar-refractivity contribution in [2.45, 2.75) is 37.0 Å². The molecule has 0 unspecified atom stereocenters. The van der Waals surface area contributed by atoms with E-state index in [-0.39, 0.29) is 6.54 Å². The monoisotopic (exact) mass is 209 g/mol. The molecule has 0 aromatic carbocycles. The quantitative estimate of drug-likeness (QED) is 0.699. The smallest absolute Gasteiger partial charge is 0.251 e. The summed E-state index contributed by atoms with van der Waals surface area (Å²) in [6.07, 6.45) is 3.23. The molecule has 0 aromatic rings. The molecule has 0 aliphatic heterocycles. The minimum atomic E-state index is -2.20. The van der Waals surface area contributed by atoms with Crippen LogP contribution in [0.25, 0.3) is 0 Å². The lowest BCUT2D eigenvalue weighted by Crippen LogP contribution is -2.33. The number of hydrogen-bond donors (Lipinski definition) is 0. The second-order valence-electron chi connectivity index (χ2n) is 3.66. The van der Waals surface area contributed by atoms with E-state index in [4.69, 9.17) is 0 Å². The Morgan fingerprint density at radius 3 is 2.62 bits per heavy atom. The number of nitrogens with zero attached hydrogens (tertiary/aromatic N) is 1. The van der Waals surface area contributed by atoms with Crippen molar-refractivity contribution >= 4 is 11.8 Å². The van der Waals surface area contributed by atoms with E-state index >= 15 is 0 Å². The third-order valence-corrected chi connectivity index (χ3v) is 3.83. The van der Waals surface area contributed by atoms with Crippen LogP contribution in [0.15, 0.2) is 0 Å². The minimum Gasteiger partial charge on any atom is -0.298 e. The molecule has 13 heavy (non-hydrogen) atoms. The summed E-state index contributed by atoms with van der Waals surface area (Å²) < 4.78 is 24.1. The lowest BCUT2D eigenvalue weighted by Gasteiger charge is -2.23. The molecule has 0 radical (unpaired) electrons. The maximum Gasteiger partial charge on any atom is 0.251 e. The lowest BCUT2D eigenvalue weighted by atomic mass is 10.2. The number of thioether (sulfide) groups is 1. The molecule has 0 saturated heterocycles. The van der Waals surface area contributed by atoms with E-state index in [2.05, 4.69) is 6.26 Å². The Morgan fingerprint density at radius 2 is 2.15 bits per heavy atom. The van der Waals surface area contributed by atoms with E-state index in [1.807, 2.05) is 11.8 Å². The molecule has 0 aromatic heterocycles. The highest BCUT2D eigenvalue weighted by Crippen LogP contribution is 2.30. The van der Waals surface area contributed by atoms with Crippen molar-refractivity contribution in [2.24, 2.45) is 0 Å². The maximum absolute atomic E-state index is 12.1. The van der Waals surface area contributed by atoms with Crippen molar-refractivity contribution in [3.63, 3.8) is 0 Å². The van der Waals surface area contributed by atoms with Gasteiger partial charge in [0.2, 0.25) is 0 Å². The largest absolute Gasteiger partial charge is 0.298 e. The summed E-state index contributed by atoms with van der Waals surface area (Å²) in [6, 6.07) is 0.381. The van der Waals surface area contributed by atoms with Crippen molar-refractivity contribution in [1.29, 1.82) is 0 Å². The molecular formula is C9H17F2NS. The first kappa shape index (κ1) is 11.2. The van der Waals surface area contributed by atoms with Crippen LogP contribution in [0.5, 0.6) is 0 Å². The van der Waals surface area contributed by atoms with Crippen molar-refractivity contribution in [3.8, 4) is 0 Å². The van der Waals surface area contributed by atoms with Crippen LogP contribution in [0, 0.1) is 0 Å². The maximum atomic E-state index is 12.1. The summed E-state index contributed by atoms with van der Waals surface area (Å²) in [7, 11) is 1.81. The first-order chi connectivity index (χ1) is 6.13. The standard InChI is InChI=1S/C9H17F2NS/c1-12(6-9(10)11)7-3-4-8(5-7)13-2/h7-9H,3-6H2,1-2H3/t7-,8+/m1/s1. The van der Waals surface area contributed by atoms with Gasteiger partial charge in [-0.25, -0.2) is 8.78 Å². The van der Waals surface area contributed by atoms with Crippen molar-refractivity contribution in [2.75, 3.05) is 19.8 Å². The molecule has 1 rings (SSSR count). The molecule has 1 fully saturated rings. The predicted molar refractivity (Wildman–Crippen MR) is 53.6 cm³/mol. The summed E-state index contributed by atoms with van der Waals surface area (Å²) in [6.45, 7) is -0.0776. The van der Waals surface area contributed by atoms with Crippen LogP contribution in [-0.4, -0.2) is 42.5 Å². The summed E-state index contributed by atoms with van der Waals surface area (Å²) >= 11 is 1.86. The van der Waals surface area contributed by atoms with E-state index in [1.54, 1.807) is 11.9 Å². The Hall–Kier alpha value is 0.170. The molecule has 0 heterocycles. The Balaban J connectivity index is 2.28. The average molecular weight is 209 g/mol. The number of hydrogen-bond acceptors (Lipinski definition) is 2. The molecule has 0 bridgehead atoms. The van der Waals surface area contributed by atoms with E-state index in [9.17, 15) is 8.78 Å². The fourth-order valence-corrected chi connectivity index (χ4v) is 2.69. The van der Waals surface area contributed by atoms with E-state index in [0.717, 1.165) is 12.8 Å². The summed E-state index contributed by atoms with van der Waals surface area (Å²) in [5, 5.41) is 0.685. The first-order valence-electron chi connectivity index (χ1n) is 4.64. The van der Waals surface area contributed by atoms with Gasteiger partial charge in [0.15, 0.2) is 0 Å². The normalized spacial score (nSPS) is 29.1. The Morgan fingerprint density at radius 1 is 1.46 bits per heavy atom. The van der Waals surface area contributed by atoms with Gasteiger partial charge in [0.25, 0.3) is 6.43 Å². The van der Waals surface area contributed by atoms with Gasteiger partial charge in [-0.2, -0.15) is 11.8 Å². The highest BCUT2D eigenvalue weighted by Gasteiger charge is 2.27. The van der Waals surface area contributed by atoms with Gasteiger partial charge in [0.05, 0.1) is 6.54 Å². The minimum absolute atomic E-state index is 0.0776. The van der Waals surface area contributed by atoms with Gasteiger partial charge in [-0.1, -0.05) is 0 Å². The van der Waals surface area contributed by atoms with Crippen LogP contribution in [0.1, 0.15) is 19.3 Å². The first-order valence-corrected chi connectivity index (χ1v) is 5.93. The Kier molecular flexibility index (Phi) is 4.46. The SMILES string of the molecule is CS[C@H]1CC[C@@H](N(C)CC(F)F)C1. The van der Waals surface area contributed by atoms with Crippen LogP contribution >= 0.6 is 11.8 Å². The fraction of sp³-hybridized carbons (Fsp3) is 1.00. The van der Waals surface area contributed by atoms with Gasteiger partial charge in [-0.3, -0.25) is 4.90 Å². The Bertz CT molecular complexity index is 155. The van der Waals surface area contributed by atoms with Gasteiger partial charge >= 0.3 is 0 Å². The molecule has 1 aliphatic rings. The molecule has 0 amide bonds. The molecule has 1 aliphatic carbocycles. The topological polar surface area (TPSA) is 3.24 Å². The van der Waals surface area contributed by atoms with Gasteiger partial charge < -0.3 is 0 Å². The van der Waals surface area contributed by atoms with Crippen molar-refractivity contribution in [3.05, 3.63) is 0 Å². The molecule has 1 nitrogen and oxygen atoms in total. The molecule has 0 spiro atoms. The molecular weight excluding hydrogens is 192 g/mol. The molecule has 4 heteroatoms. The van der Waals surface area contributed by atoms with Gasteiger partial charge in [-0.05, 0) is 32.6 Å². The zero-order valence-corrected chi connectivity index (χ0v) is 8.99. The highest BCUT2D eigenvalue weighted by atomic mass is 32.2.